The first-order valence-electron chi connectivity index (χ1n) is 29.6. The molecule has 0 aromatic carbocycles. The molecule has 0 aliphatic carbocycles. The maximum atomic E-state index is 12.8. The molecule has 0 amide bonds. The fraction of sp³-hybridized carbons (Fsp3) is 0.551. The first-order valence-corrected chi connectivity index (χ1v) is 29.6. The highest BCUT2D eigenvalue weighted by atomic mass is 16.6. The highest BCUT2D eigenvalue weighted by molar-refractivity contribution is 5.72. The second-order valence-electron chi connectivity index (χ2n) is 18.8. The summed E-state index contributed by atoms with van der Waals surface area (Å²) in [6.45, 7) is 6.26. The van der Waals surface area contributed by atoms with E-state index in [1.807, 2.05) is 6.08 Å². The summed E-state index contributed by atoms with van der Waals surface area (Å²) in [5.74, 6) is -1.14. The lowest BCUT2D eigenvalue weighted by Crippen LogP contribution is -2.30. The highest BCUT2D eigenvalue weighted by Crippen LogP contribution is 2.12. The van der Waals surface area contributed by atoms with E-state index in [1.165, 1.54) is 51.4 Å². The van der Waals surface area contributed by atoms with Crippen molar-refractivity contribution in [1.29, 1.82) is 0 Å². The molecule has 0 radical (unpaired) electrons. The Balaban J connectivity index is 4.55. The van der Waals surface area contributed by atoms with Crippen LogP contribution in [0, 0.1) is 0 Å². The lowest BCUT2D eigenvalue weighted by Gasteiger charge is -2.18. The Kier molecular flexibility index (Phi) is 57.0. The van der Waals surface area contributed by atoms with Crippen LogP contribution in [0.3, 0.4) is 0 Å². The molecule has 0 fully saturated rings. The topological polar surface area (TPSA) is 78.9 Å². The van der Waals surface area contributed by atoms with E-state index in [4.69, 9.17) is 14.2 Å². The van der Waals surface area contributed by atoms with Crippen molar-refractivity contribution in [3.63, 3.8) is 0 Å². The summed E-state index contributed by atoms with van der Waals surface area (Å²) in [6, 6.07) is 0. The van der Waals surface area contributed by atoms with Crippen LogP contribution in [0.5, 0.6) is 0 Å². The Morgan fingerprint density at radius 2 is 0.560 bits per heavy atom. The molecule has 0 aliphatic rings. The van der Waals surface area contributed by atoms with E-state index in [2.05, 4.69) is 179 Å². The predicted molar refractivity (Wildman–Crippen MR) is 325 cm³/mol. The summed E-state index contributed by atoms with van der Waals surface area (Å²) in [6.07, 6.45) is 90.9. The number of unbranched alkanes of at least 4 members (excludes halogenated alkanes) is 13. The zero-order valence-electron chi connectivity index (χ0n) is 47.7. The number of esters is 3. The molecule has 0 spiro atoms. The Labute approximate surface area is 460 Å². The monoisotopic (exact) mass is 1030 g/mol. The molecule has 0 aliphatic heterocycles. The molecule has 0 saturated heterocycles. The summed E-state index contributed by atoms with van der Waals surface area (Å²) in [7, 11) is 0. The Morgan fingerprint density at radius 1 is 0.293 bits per heavy atom. The van der Waals surface area contributed by atoms with Crippen LogP contribution >= 0.6 is 0 Å². The number of ether oxygens (including phenoxy) is 3. The molecule has 1 unspecified atom stereocenters. The summed E-state index contributed by atoms with van der Waals surface area (Å²) >= 11 is 0. The van der Waals surface area contributed by atoms with Gasteiger partial charge in [0.1, 0.15) is 13.2 Å². The van der Waals surface area contributed by atoms with E-state index >= 15 is 0 Å². The molecule has 418 valence electrons. The van der Waals surface area contributed by atoms with Crippen LogP contribution < -0.4 is 0 Å². The van der Waals surface area contributed by atoms with Crippen molar-refractivity contribution in [2.75, 3.05) is 13.2 Å². The maximum Gasteiger partial charge on any atom is 0.310 e. The minimum Gasteiger partial charge on any atom is -0.462 e. The van der Waals surface area contributed by atoms with Crippen LogP contribution in [0.4, 0.5) is 0 Å². The number of hydrogen-bond donors (Lipinski definition) is 0. The maximum absolute atomic E-state index is 12.8. The van der Waals surface area contributed by atoms with Crippen LogP contribution in [0.25, 0.3) is 0 Å². The molecule has 75 heavy (non-hydrogen) atoms. The van der Waals surface area contributed by atoms with Gasteiger partial charge in [-0.1, -0.05) is 242 Å². The van der Waals surface area contributed by atoms with Crippen molar-refractivity contribution in [1.82, 2.24) is 0 Å². The molecule has 6 heteroatoms. The zero-order chi connectivity index (χ0) is 54.3. The minimum atomic E-state index is -0.863. The normalized spacial score (nSPS) is 13.4. The Bertz CT molecular complexity index is 1750. The predicted octanol–water partition coefficient (Wildman–Crippen LogP) is 20.3. The Hall–Kier alpha value is -5.23. The fourth-order valence-electron chi connectivity index (χ4n) is 7.35. The fourth-order valence-corrected chi connectivity index (χ4v) is 7.35. The quantitative estimate of drug-likeness (QED) is 0.0261. The van der Waals surface area contributed by atoms with Crippen LogP contribution in [-0.2, 0) is 28.6 Å². The molecule has 1 atom stereocenters. The van der Waals surface area contributed by atoms with Crippen LogP contribution in [-0.4, -0.2) is 37.2 Å². The average Bonchev–Trinajstić information content (AvgIpc) is 3.41. The second kappa shape index (κ2) is 61.3. The molecule has 0 aromatic heterocycles. The largest absolute Gasteiger partial charge is 0.462 e. The van der Waals surface area contributed by atoms with E-state index in [9.17, 15) is 14.4 Å². The zero-order valence-corrected chi connectivity index (χ0v) is 47.7. The molecule has 0 saturated carbocycles. The van der Waals surface area contributed by atoms with Crippen molar-refractivity contribution in [2.45, 2.75) is 232 Å². The van der Waals surface area contributed by atoms with Crippen LogP contribution in [0.1, 0.15) is 226 Å². The molecular formula is C69H106O6. The first kappa shape index (κ1) is 69.8. The van der Waals surface area contributed by atoms with Crippen LogP contribution in [0.15, 0.2) is 170 Å². The van der Waals surface area contributed by atoms with Gasteiger partial charge in [-0.15, -0.1) is 0 Å². The summed E-state index contributed by atoms with van der Waals surface area (Å²) in [4.78, 5) is 38.1. The van der Waals surface area contributed by atoms with Crippen molar-refractivity contribution < 1.29 is 28.6 Å². The van der Waals surface area contributed by atoms with Gasteiger partial charge < -0.3 is 14.2 Å². The van der Waals surface area contributed by atoms with Gasteiger partial charge in [-0.3, -0.25) is 14.4 Å². The number of allylic oxidation sites excluding steroid dienone is 27. The summed E-state index contributed by atoms with van der Waals surface area (Å²) in [5.41, 5.74) is 0. The SMILES string of the molecule is CC/C=C\C/C=C\C/C=C\C/C=C\C/C=C\C/C=C\C/C=C\C/C=C\CCCCC(=O)OCC(COC(=O)CCCCCCC/C=C\CCCCCCCC)OC(=O)C/C=C\C/C=C\C/C=C\C/C=C\C/C=C\CC. The lowest BCUT2D eigenvalue weighted by atomic mass is 10.1. The Morgan fingerprint density at radius 3 is 0.920 bits per heavy atom. The standard InChI is InChI=1S/C69H106O6/c1-4-7-10-13-16-19-22-25-28-29-30-31-32-33-34-35-36-37-38-39-42-44-47-50-53-56-59-62-68(71)74-65-66(75-69(72)63-60-57-54-51-48-45-41-27-24-21-18-15-12-9-6-3)64-73-67(70)61-58-55-52-49-46-43-40-26-23-20-17-14-11-8-5-2/h7,9-10,12,16,18-19,21,25-28,30-31,33-34,36-37,39-42,47-48,50-51,57,60,66H,4-6,8,11,13-15,17,20,22-24,29,32,35,38,43-46,49,52-56,58-59,61-65H2,1-3H3/b10-7-,12-9-,19-16-,21-18-,28-25-,31-30-,34-33-,37-36-,40-26-,41-27-,42-39-,50-47-,51-48-,60-57-. The number of carbonyl (C=O) groups excluding carboxylic acids is 3. The van der Waals surface area contributed by atoms with Crippen molar-refractivity contribution >= 4 is 17.9 Å². The van der Waals surface area contributed by atoms with E-state index in [0.717, 1.165) is 122 Å². The van der Waals surface area contributed by atoms with Crippen molar-refractivity contribution in [3.05, 3.63) is 170 Å². The van der Waals surface area contributed by atoms with E-state index in [-0.39, 0.29) is 38.0 Å². The van der Waals surface area contributed by atoms with Crippen LogP contribution in [0.2, 0.25) is 0 Å². The summed E-state index contributed by atoms with van der Waals surface area (Å²) in [5, 5.41) is 0. The van der Waals surface area contributed by atoms with E-state index in [1.54, 1.807) is 6.08 Å². The molecule has 6 nitrogen and oxygen atoms in total. The number of rotatable bonds is 51. The first-order chi connectivity index (χ1) is 37.0. The van der Waals surface area contributed by atoms with Gasteiger partial charge in [-0.2, -0.15) is 0 Å². The van der Waals surface area contributed by atoms with Gasteiger partial charge in [0, 0.05) is 12.8 Å². The molecule has 0 rings (SSSR count). The lowest BCUT2D eigenvalue weighted by molar-refractivity contribution is -0.166. The third kappa shape index (κ3) is 59.5. The van der Waals surface area contributed by atoms with Gasteiger partial charge in [0.25, 0.3) is 0 Å². The third-order valence-electron chi connectivity index (χ3n) is 11.7. The van der Waals surface area contributed by atoms with Crippen molar-refractivity contribution in [3.8, 4) is 0 Å². The van der Waals surface area contributed by atoms with Crippen molar-refractivity contribution in [2.24, 2.45) is 0 Å². The molecular weight excluding hydrogens is 925 g/mol. The van der Waals surface area contributed by atoms with Gasteiger partial charge in [-0.25, -0.2) is 0 Å². The van der Waals surface area contributed by atoms with E-state index < -0.39 is 12.1 Å². The minimum absolute atomic E-state index is 0.0770. The molecule has 0 heterocycles. The molecule has 0 N–H and O–H groups in total. The van der Waals surface area contributed by atoms with Gasteiger partial charge in [0.2, 0.25) is 0 Å². The summed E-state index contributed by atoms with van der Waals surface area (Å²) < 4.78 is 16.7. The molecule has 0 bridgehead atoms. The van der Waals surface area contributed by atoms with Gasteiger partial charge in [0.15, 0.2) is 6.10 Å². The van der Waals surface area contributed by atoms with Gasteiger partial charge in [-0.05, 0) is 135 Å². The number of hydrogen-bond acceptors (Lipinski definition) is 6. The third-order valence-corrected chi connectivity index (χ3v) is 11.7. The smallest absolute Gasteiger partial charge is 0.310 e. The van der Waals surface area contributed by atoms with Gasteiger partial charge >= 0.3 is 17.9 Å². The molecule has 0 aromatic rings. The van der Waals surface area contributed by atoms with E-state index in [0.29, 0.717) is 19.3 Å². The average molecular weight is 1030 g/mol. The second-order valence-corrected chi connectivity index (χ2v) is 18.8. The highest BCUT2D eigenvalue weighted by Gasteiger charge is 2.19. The number of carbonyl (C=O) groups is 3. The van der Waals surface area contributed by atoms with Gasteiger partial charge in [0.05, 0.1) is 6.42 Å².